The number of hydrogen-bond donors (Lipinski definition) is 2. The summed E-state index contributed by atoms with van der Waals surface area (Å²) in [6.45, 7) is 3.42. The standard InChI is InChI=1S/C15H27N5O2/c1-3-4-5-12(16)15(22)20-8-6-11(7-9-20)14-18-17-13(10-21)19(14)2/h11-12,21H,3-10,16H2,1-2H3/t12-/m1/s1. The number of unbranched alkanes of at least 4 members (excludes halogenated alkanes) is 1. The first-order chi connectivity index (χ1) is 10.6. The Labute approximate surface area is 131 Å². The Balaban J connectivity index is 1.89. The molecule has 1 aliphatic heterocycles. The van der Waals surface area contributed by atoms with Crippen molar-refractivity contribution in [2.45, 2.75) is 57.6 Å². The van der Waals surface area contributed by atoms with Gasteiger partial charge in [0, 0.05) is 26.1 Å². The first-order valence-electron chi connectivity index (χ1n) is 8.11. The number of hydrogen-bond acceptors (Lipinski definition) is 5. The van der Waals surface area contributed by atoms with Gasteiger partial charge in [-0.3, -0.25) is 4.79 Å². The lowest BCUT2D eigenvalue weighted by Gasteiger charge is -2.33. The Bertz CT molecular complexity index is 494. The highest BCUT2D eigenvalue weighted by molar-refractivity contribution is 5.81. The van der Waals surface area contributed by atoms with Gasteiger partial charge in [0.25, 0.3) is 0 Å². The molecule has 124 valence electrons. The van der Waals surface area contributed by atoms with Crippen LogP contribution >= 0.6 is 0 Å². The minimum atomic E-state index is -0.368. The number of aliphatic hydroxyl groups is 1. The zero-order chi connectivity index (χ0) is 16.1. The summed E-state index contributed by atoms with van der Waals surface area (Å²) < 4.78 is 1.86. The Kier molecular flexibility index (Phi) is 5.90. The summed E-state index contributed by atoms with van der Waals surface area (Å²) >= 11 is 0. The molecule has 0 aliphatic carbocycles. The number of amides is 1. The highest BCUT2D eigenvalue weighted by Gasteiger charge is 2.29. The fourth-order valence-electron chi connectivity index (χ4n) is 3.01. The summed E-state index contributed by atoms with van der Waals surface area (Å²) in [6.07, 6.45) is 4.54. The Hall–Kier alpha value is -1.47. The molecule has 1 aliphatic rings. The molecule has 2 rings (SSSR count). The molecule has 1 fully saturated rings. The summed E-state index contributed by atoms with van der Waals surface area (Å²) in [5.74, 6) is 1.83. The first kappa shape index (κ1) is 16.9. The van der Waals surface area contributed by atoms with Crippen LogP contribution in [-0.4, -0.2) is 49.8 Å². The summed E-state index contributed by atoms with van der Waals surface area (Å²) in [7, 11) is 1.87. The van der Waals surface area contributed by atoms with Crippen molar-refractivity contribution in [1.29, 1.82) is 0 Å². The molecule has 0 aromatic carbocycles. The number of rotatable bonds is 6. The second-order valence-electron chi connectivity index (χ2n) is 6.04. The molecule has 3 N–H and O–H groups in total. The van der Waals surface area contributed by atoms with E-state index in [1.54, 1.807) is 0 Å². The van der Waals surface area contributed by atoms with E-state index in [4.69, 9.17) is 5.73 Å². The third kappa shape index (κ3) is 3.64. The predicted molar refractivity (Wildman–Crippen MR) is 83.0 cm³/mol. The van der Waals surface area contributed by atoms with Gasteiger partial charge in [0.15, 0.2) is 5.82 Å². The third-order valence-corrected chi connectivity index (χ3v) is 4.50. The molecule has 0 radical (unpaired) electrons. The molecule has 7 nitrogen and oxygen atoms in total. The SMILES string of the molecule is CCCC[C@@H](N)C(=O)N1CCC(c2nnc(CO)n2C)CC1. The molecule has 22 heavy (non-hydrogen) atoms. The van der Waals surface area contributed by atoms with Gasteiger partial charge in [-0.05, 0) is 19.3 Å². The molecule has 1 saturated heterocycles. The average Bonchev–Trinajstić information content (AvgIpc) is 2.92. The lowest BCUT2D eigenvalue weighted by molar-refractivity contribution is -0.133. The van der Waals surface area contributed by atoms with Crippen LogP contribution in [0.3, 0.4) is 0 Å². The van der Waals surface area contributed by atoms with Crippen LogP contribution in [0, 0.1) is 0 Å². The van der Waals surface area contributed by atoms with E-state index >= 15 is 0 Å². The molecule has 7 heteroatoms. The van der Waals surface area contributed by atoms with Crippen molar-refractivity contribution in [3.8, 4) is 0 Å². The lowest BCUT2D eigenvalue weighted by Crippen LogP contribution is -2.47. The molecule has 2 heterocycles. The molecular formula is C15H27N5O2. The number of nitrogens with two attached hydrogens (primary N) is 1. The Morgan fingerprint density at radius 3 is 2.64 bits per heavy atom. The van der Waals surface area contributed by atoms with Crippen LogP contribution in [0.5, 0.6) is 0 Å². The van der Waals surface area contributed by atoms with Crippen molar-refractivity contribution in [1.82, 2.24) is 19.7 Å². The van der Waals surface area contributed by atoms with Gasteiger partial charge in [-0.2, -0.15) is 0 Å². The summed E-state index contributed by atoms with van der Waals surface area (Å²) in [6, 6.07) is -0.368. The van der Waals surface area contributed by atoms with Crippen LogP contribution in [0.25, 0.3) is 0 Å². The van der Waals surface area contributed by atoms with Gasteiger partial charge in [-0.25, -0.2) is 0 Å². The minimum absolute atomic E-state index is 0.0703. The Morgan fingerprint density at radius 1 is 1.41 bits per heavy atom. The lowest BCUT2D eigenvalue weighted by atomic mass is 9.95. The normalized spacial score (nSPS) is 17.7. The zero-order valence-corrected chi connectivity index (χ0v) is 13.5. The smallest absolute Gasteiger partial charge is 0.239 e. The monoisotopic (exact) mass is 309 g/mol. The van der Waals surface area contributed by atoms with Crippen molar-refractivity contribution in [2.24, 2.45) is 12.8 Å². The maximum absolute atomic E-state index is 12.3. The molecule has 1 atom stereocenters. The van der Waals surface area contributed by atoms with E-state index in [9.17, 15) is 9.90 Å². The number of carbonyl (C=O) groups excluding carboxylic acids is 1. The van der Waals surface area contributed by atoms with E-state index in [0.29, 0.717) is 18.9 Å². The van der Waals surface area contributed by atoms with Gasteiger partial charge in [-0.15, -0.1) is 10.2 Å². The number of piperidine rings is 1. The van der Waals surface area contributed by atoms with E-state index < -0.39 is 0 Å². The summed E-state index contributed by atoms with van der Waals surface area (Å²) in [4.78, 5) is 14.2. The molecule has 1 aromatic rings. The van der Waals surface area contributed by atoms with Crippen molar-refractivity contribution in [3.05, 3.63) is 11.6 Å². The maximum Gasteiger partial charge on any atom is 0.239 e. The zero-order valence-electron chi connectivity index (χ0n) is 13.5. The highest BCUT2D eigenvalue weighted by atomic mass is 16.3. The number of nitrogens with zero attached hydrogens (tertiary/aromatic N) is 4. The molecule has 0 saturated carbocycles. The fraction of sp³-hybridized carbons (Fsp3) is 0.800. The van der Waals surface area contributed by atoms with E-state index in [1.807, 2.05) is 16.5 Å². The van der Waals surface area contributed by atoms with E-state index in [1.165, 1.54) is 0 Å². The molecular weight excluding hydrogens is 282 g/mol. The molecule has 1 amide bonds. The molecule has 0 unspecified atom stereocenters. The molecule has 0 spiro atoms. The number of carbonyl (C=O) groups is 1. The molecule has 1 aromatic heterocycles. The van der Waals surface area contributed by atoms with E-state index in [0.717, 1.165) is 37.9 Å². The predicted octanol–water partition coefficient (Wildman–Crippen LogP) is 0.531. The average molecular weight is 309 g/mol. The van der Waals surface area contributed by atoms with Gasteiger partial charge >= 0.3 is 0 Å². The third-order valence-electron chi connectivity index (χ3n) is 4.50. The van der Waals surface area contributed by atoms with Gasteiger partial charge in [0.2, 0.25) is 5.91 Å². The second kappa shape index (κ2) is 7.69. The largest absolute Gasteiger partial charge is 0.388 e. The maximum atomic E-state index is 12.3. The van der Waals surface area contributed by atoms with Crippen LogP contribution in [0.15, 0.2) is 0 Å². The highest BCUT2D eigenvalue weighted by Crippen LogP contribution is 2.27. The topological polar surface area (TPSA) is 97.3 Å². The minimum Gasteiger partial charge on any atom is -0.388 e. The number of aromatic nitrogens is 3. The Morgan fingerprint density at radius 2 is 2.09 bits per heavy atom. The fourth-order valence-corrected chi connectivity index (χ4v) is 3.01. The first-order valence-corrected chi connectivity index (χ1v) is 8.11. The van der Waals surface area contributed by atoms with Crippen molar-refractivity contribution >= 4 is 5.91 Å². The quantitative estimate of drug-likeness (QED) is 0.799. The number of aliphatic hydroxyl groups excluding tert-OH is 1. The summed E-state index contributed by atoms with van der Waals surface area (Å²) in [5.41, 5.74) is 5.98. The van der Waals surface area contributed by atoms with Crippen LogP contribution in [-0.2, 0) is 18.4 Å². The van der Waals surface area contributed by atoms with Crippen molar-refractivity contribution < 1.29 is 9.90 Å². The van der Waals surface area contributed by atoms with Crippen molar-refractivity contribution in [2.75, 3.05) is 13.1 Å². The van der Waals surface area contributed by atoms with E-state index in [-0.39, 0.29) is 24.5 Å². The van der Waals surface area contributed by atoms with Gasteiger partial charge in [-0.1, -0.05) is 19.8 Å². The number of likely N-dealkylation sites (tertiary alicyclic amines) is 1. The second-order valence-corrected chi connectivity index (χ2v) is 6.04. The van der Waals surface area contributed by atoms with Gasteiger partial charge in [0.1, 0.15) is 12.4 Å². The van der Waals surface area contributed by atoms with Crippen LogP contribution in [0.2, 0.25) is 0 Å². The summed E-state index contributed by atoms with van der Waals surface area (Å²) in [5, 5.41) is 17.4. The van der Waals surface area contributed by atoms with Crippen LogP contribution < -0.4 is 5.73 Å². The van der Waals surface area contributed by atoms with Crippen LogP contribution in [0.1, 0.15) is 56.6 Å². The van der Waals surface area contributed by atoms with E-state index in [2.05, 4.69) is 17.1 Å². The van der Waals surface area contributed by atoms with Gasteiger partial charge in [0.05, 0.1) is 6.04 Å². The molecule has 0 bridgehead atoms. The van der Waals surface area contributed by atoms with Gasteiger partial charge < -0.3 is 20.3 Å². The van der Waals surface area contributed by atoms with Crippen molar-refractivity contribution in [3.63, 3.8) is 0 Å². The van der Waals surface area contributed by atoms with Crippen LogP contribution in [0.4, 0.5) is 0 Å².